The Kier molecular flexibility index (Phi) is 3.96. The minimum absolute atomic E-state index is 0.108. The number of amides is 1. The van der Waals surface area contributed by atoms with E-state index in [-0.39, 0.29) is 29.6 Å². The van der Waals surface area contributed by atoms with Crippen LogP contribution >= 0.6 is 0 Å². The van der Waals surface area contributed by atoms with Crippen LogP contribution in [0.15, 0.2) is 33.7 Å². The number of nitrogens with zero attached hydrogens (tertiary/aromatic N) is 1. The van der Waals surface area contributed by atoms with E-state index in [0.29, 0.717) is 11.1 Å². The van der Waals surface area contributed by atoms with Crippen molar-refractivity contribution in [3.63, 3.8) is 0 Å². The van der Waals surface area contributed by atoms with Crippen molar-refractivity contribution in [2.75, 3.05) is 6.61 Å². The number of primary sulfonamides is 1. The van der Waals surface area contributed by atoms with Crippen molar-refractivity contribution in [3.05, 3.63) is 29.3 Å². The van der Waals surface area contributed by atoms with E-state index in [9.17, 15) is 13.2 Å². The summed E-state index contributed by atoms with van der Waals surface area (Å²) in [7, 11) is -3.92. The third-order valence-corrected chi connectivity index (χ3v) is 3.70. The van der Waals surface area contributed by atoms with Crippen LogP contribution in [0.3, 0.4) is 0 Å². The first-order valence-corrected chi connectivity index (χ1v) is 7.47. The van der Waals surface area contributed by atoms with Gasteiger partial charge in [-0.15, -0.1) is 0 Å². The number of carbonyl (C=O) groups excluding carboxylic acids is 1. The number of ether oxygens (including phenoxy) is 1. The number of sulfonamides is 1. The molecule has 1 aliphatic heterocycles. The van der Waals surface area contributed by atoms with E-state index in [1.54, 1.807) is 6.07 Å². The molecule has 21 heavy (non-hydrogen) atoms. The topological polar surface area (TPSA) is 151 Å². The number of carbonyl (C=O) groups is 1. The third-order valence-electron chi connectivity index (χ3n) is 2.77. The highest BCUT2D eigenvalue weighted by Gasteiger charge is 2.21. The zero-order valence-corrected chi connectivity index (χ0v) is 11.8. The van der Waals surface area contributed by atoms with Gasteiger partial charge in [0.2, 0.25) is 10.0 Å². The summed E-state index contributed by atoms with van der Waals surface area (Å²) in [6, 6.07) is 4.45. The van der Waals surface area contributed by atoms with Crippen LogP contribution in [-0.2, 0) is 14.8 Å². The Morgan fingerprint density at radius 1 is 1.29 bits per heavy atom. The van der Waals surface area contributed by atoms with Crippen LogP contribution in [0.4, 0.5) is 0 Å². The van der Waals surface area contributed by atoms with Crippen molar-refractivity contribution in [3.8, 4) is 5.75 Å². The van der Waals surface area contributed by atoms with E-state index in [0.717, 1.165) is 0 Å². The van der Waals surface area contributed by atoms with Gasteiger partial charge in [0, 0.05) is 17.6 Å². The van der Waals surface area contributed by atoms with Gasteiger partial charge >= 0.3 is 0 Å². The predicted molar refractivity (Wildman–Crippen MR) is 76.7 cm³/mol. The lowest BCUT2D eigenvalue weighted by Gasteiger charge is -2.10. The monoisotopic (exact) mass is 310 g/mol. The molecule has 0 unspecified atom stereocenters. The molecule has 0 radical (unpaired) electrons. The molecule has 6 N–H and O–H groups in total. The molecule has 0 atom stereocenters. The van der Waals surface area contributed by atoms with Gasteiger partial charge in [-0.05, 0) is 12.1 Å². The average Bonchev–Trinajstić information content (AvgIpc) is 2.58. The first kappa shape index (κ1) is 15.0. The fourth-order valence-electron chi connectivity index (χ4n) is 1.91. The van der Waals surface area contributed by atoms with Crippen LogP contribution in [0.5, 0.6) is 5.75 Å². The van der Waals surface area contributed by atoms with E-state index in [2.05, 4.69) is 4.99 Å². The fourth-order valence-corrected chi connectivity index (χ4v) is 2.61. The van der Waals surface area contributed by atoms with E-state index >= 15 is 0 Å². The second-order valence-corrected chi connectivity index (χ2v) is 5.86. The smallest absolute Gasteiger partial charge is 0.276 e. The molecule has 0 bridgehead atoms. The summed E-state index contributed by atoms with van der Waals surface area (Å²) in [6.07, 6.45) is 1.74. The van der Waals surface area contributed by atoms with Gasteiger partial charge in [-0.3, -0.25) is 4.79 Å². The van der Waals surface area contributed by atoms with E-state index < -0.39 is 15.9 Å². The fraction of sp³-hybridized carbons (Fsp3) is 0.167. The lowest BCUT2D eigenvalue weighted by atomic mass is 10.1. The van der Waals surface area contributed by atoms with Crippen LogP contribution in [0.1, 0.15) is 12.0 Å². The molecule has 1 aromatic rings. The Morgan fingerprint density at radius 3 is 2.62 bits per heavy atom. The summed E-state index contributed by atoms with van der Waals surface area (Å²) >= 11 is 0. The molecule has 2 rings (SSSR count). The van der Waals surface area contributed by atoms with Gasteiger partial charge in [-0.25, -0.2) is 13.6 Å². The maximum absolute atomic E-state index is 11.8. The van der Waals surface area contributed by atoms with Gasteiger partial charge in [0.15, 0.2) is 5.96 Å². The van der Waals surface area contributed by atoms with Crippen LogP contribution in [0.2, 0.25) is 0 Å². The number of aliphatic imine (C=N–C) groups is 1. The highest BCUT2D eigenvalue weighted by Crippen LogP contribution is 2.32. The van der Waals surface area contributed by atoms with Gasteiger partial charge in [0.05, 0.1) is 6.61 Å². The van der Waals surface area contributed by atoms with Gasteiger partial charge in [-0.1, -0.05) is 12.1 Å². The first-order chi connectivity index (χ1) is 9.79. The Labute approximate surface area is 121 Å². The first-order valence-electron chi connectivity index (χ1n) is 5.92. The number of hydrogen-bond acceptors (Lipinski definition) is 4. The van der Waals surface area contributed by atoms with Gasteiger partial charge in [0.25, 0.3) is 5.91 Å². The quantitative estimate of drug-likeness (QED) is 0.485. The molecule has 0 fully saturated rings. The Bertz CT molecular complexity index is 749. The standard InChI is InChI=1S/C12H14N4O4S/c13-12(14)16-11(17)8-4-5-20-10-7(6-8)2-1-3-9(10)21(15,18)19/h1-3,6H,4-5H2,(H2,15,18,19)(H4,13,14,16,17). The van der Waals surface area contributed by atoms with Crippen molar-refractivity contribution in [2.45, 2.75) is 11.3 Å². The number of benzene rings is 1. The highest BCUT2D eigenvalue weighted by atomic mass is 32.2. The van der Waals surface area contributed by atoms with Gasteiger partial charge < -0.3 is 16.2 Å². The zero-order valence-electron chi connectivity index (χ0n) is 10.9. The molecule has 1 aromatic carbocycles. The molecule has 0 aromatic heterocycles. The second kappa shape index (κ2) is 5.54. The van der Waals surface area contributed by atoms with Crippen LogP contribution in [-0.4, -0.2) is 26.9 Å². The van der Waals surface area contributed by atoms with Gasteiger partial charge in [-0.2, -0.15) is 4.99 Å². The summed E-state index contributed by atoms with van der Waals surface area (Å²) in [6.45, 7) is 0.108. The van der Waals surface area contributed by atoms with Gasteiger partial charge in [0.1, 0.15) is 10.6 Å². The molecule has 1 amide bonds. The Hall–Kier alpha value is -2.39. The number of guanidine groups is 1. The van der Waals surface area contributed by atoms with Crippen molar-refractivity contribution < 1.29 is 17.9 Å². The normalized spacial score (nSPS) is 14.2. The molecule has 112 valence electrons. The maximum atomic E-state index is 11.8. The van der Waals surface area contributed by atoms with Crippen molar-refractivity contribution in [1.29, 1.82) is 0 Å². The highest BCUT2D eigenvalue weighted by molar-refractivity contribution is 7.89. The molecule has 8 nitrogen and oxygen atoms in total. The summed E-state index contributed by atoms with van der Waals surface area (Å²) < 4.78 is 28.5. The minimum atomic E-state index is -3.92. The van der Waals surface area contributed by atoms with Crippen LogP contribution < -0.4 is 21.3 Å². The summed E-state index contributed by atoms with van der Waals surface area (Å²) in [5, 5.41) is 5.14. The molecule has 0 saturated heterocycles. The van der Waals surface area contributed by atoms with Crippen molar-refractivity contribution in [2.24, 2.45) is 21.6 Å². The Morgan fingerprint density at radius 2 is 2.00 bits per heavy atom. The van der Waals surface area contributed by atoms with Crippen molar-refractivity contribution >= 4 is 28.0 Å². The van der Waals surface area contributed by atoms with E-state index in [4.69, 9.17) is 21.3 Å². The van der Waals surface area contributed by atoms with E-state index in [1.807, 2.05) is 0 Å². The lowest BCUT2D eigenvalue weighted by molar-refractivity contribution is -0.114. The number of rotatable bonds is 2. The molecule has 0 saturated carbocycles. The SMILES string of the molecule is NC(N)=NC(=O)C1=Cc2cccc(S(N)(=O)=O)c2OCC1. The zero-order chi connectivity index (χ0) is 15.6. The van der Waals surface area contributed by atoms with E-state index in [1.165, 1.54) is 18.2 Å². The second-order valence-electron chi connectivity index (χ2n) is 4.33. The van der Waals surface area contributed by atoms with Crippen LogP contribution in [0, 0.1) is 0 Å². The molecule has 0 aliphatic carbocycles. The molecule has 9 heteroatoms. The predicted octanol–water partition coefficient (Wildman–Crippen LogP) is -0.700. The number of nitrogens with two attached hydrogens (primary N) is 3. The molecular formula is C12H14N4O4S. The largest absolute Gasteiger partial charge is 0.491 e. The lowest BCUT2D eigenvalue weighted by Crippen LogP contribution is -2.24. The summed E-state index contributed by atoms with van der Waals surface area (Å²) in [5.41, 5.74) is 11.1. The maximum Gasteiger partial charge on any atom is 0.276 e. The van der Waals surface area contributed by atoms with Crippen LogP contribution in [0.25, 0.3) is 6.08 Å². The number of para-hydroxylation sites is 1. The third kappa shape index (κ3) is 3.38. The van der Waals surface area contributed by atoms with Crippen molar-refractivity contribution in [1.82, 2.24) is 0 Å². The number of fused-ring (bicyclic) bond motifs is 1. The minimum Gasteiger partial charge on any atom is -0.491 e. The summed E-state index contributed by atoms with van der Waals surface area (Å²) in [4.78, 5) is 15.2. The summed E-state index contributed by atoms with van der Waals surface area (Å²) in [5.74, 6) is -0.815. The molecule has 1 heterocycles. The molecule has 1 aliphatic rings. The Balaban J connectivity index is 2.53. The molecular weight excluding hydrogens is 296 g/mol. The molecule has 0 spiro atoms. The average molecular weight is 310 g/mol. The number of hydrogen-bond donors (Lipinski definition) is 3.